The molecule has 184 valence electrons. The number of phenolic OH excluding ortho intramolecular Hbond substituents is 1. The fraction of sp³-hybridized carbons (Fsp3) is 0.156. The minimum absolute atomic E-state index is 0.155. The lowest BCUT2D eigenvalue weighted by Gasteiger charge is -2.36. The van der Waals surface area contributed by atoms with E-state index in [1.54, 1.807) is 18.2 Å². The number of fused-ring (bicyclic) bond motifs is 1. The van der Waals surface area contributed by atoms with Crippen molar-refractivity contribution in [3.8, 4) is 22.6 Å². The highest BCUT2D eigenvalue weighted by molar-refractivity contribution is 6.15. The average molecular weight is 489 g/mol. The summed E-state index contributed by atoms with van der Waals surface area (Å²) in [6, 6.07) is 31.9. The number of aromatic hydroxyl groups is 1. The molecule has 0 spiro atoms. The number of rotatable bonds is 5. The van der Waals surface area contributed by atoms with Gasteiger partial charge in [-0.25, -0.2) is 0 Å². The lowest BCUT2D eigenvalue weighted by atomic mass is 10.0. The molecular weight excluding hydrogens is 460 g/mol. The number of phenols is 1. The maximum absolute atomic E-state index is 13.1. The van der Waals surface area contributed by atoms with Crippen molar-refractivity contribution in [1.82, 2.24) is 4.90 Å². The van der Waals surface area contributed by atoms with Crippen LogP contribution in [0.2, 0.25) is 0 Å². The molecule has 1 saturated heterocycles. The van der Waals surface area contributed by atoms with Crippen LogP contribution in [0.4, 0.5) is 5.69 Å². The van der Waals surface area contributed by atoms with Crippen molar-refractivity contribution in [2.45, 2.75) is 6.54 Å². The predicted molar refractivity (Wildman–Crippen MR) is 147 cm³/mol. The average Bonchev–Trinajstić information content (AvgIpc) is 3.27. The van der Waals surface area contributed by atoms with Crippen LogP contribution >= 0.6 is 0 Å². The Morgan fingerprint density at radius 2 is 1.41 bits per heavy atom. The fourth-order valence-electron chi connectivity index (χ4n) is 5.03. The molecule has 0 amide bonds. The number of ether oxygens (including phenoxy) is 1. The van der Waals surface area contributed by atoms with Crippen LogP contribution in [0.1, 0.15) is 21.5 Å². The van der Waals surface area contributed by atoms with Gasteiger partial charge in [0.05, 0.1) is 11.1 Å². The number of ketones is 1. The molecule has 0 unspecified atom stereocenters. The second-order valence-corrected chi connectivity index (χ2v) is 9.47. The van der Waals surface area contributed by atoms with Gasteiger partial charge in [0.15, 0.2) is 5.76 Å². The summed E-state index contributed by atoms with van der Waals surface area (Å²) < 4.78 is 6.10. The van der Waals surface area contributed by atoms with Crippen LogP contribution in [0.15, 0.2) is 103 Å². The van der Waals surface area contributed by atoms with E-state index in [9.17, 15) is 9.90 Å². The number of anilines is 1. The van der Waals surface area contributed by atoms with Gasteiger partial charge in [-0.15, -0.1) is 0 Å². The third-order valence-electron chi connectivity index (χ3n) is 7.11. The number of hydrogen-bond acceptors (Lipinski definition) is 5. The van der Waals surface area contributed by atoms with Gasteiger partial charge in [0.1, 0.15) is 11.5 Å². The third kappa shape index (κ3) is 4.74. The molecule has 6 rings (SSSR count). The Labute approximate surface area is 216 Å². The van der Waals surface area contributed by atoms with Crippen molar-refractivity contribution in [2.75, 3.05) is 31.1 Å². The van der Waals surface area contributed by atoms with Gasteiger partial charge >= 0.3 is 0 Å². The van der Waals surface area contributed by atoms with Crippen molar-refractivity contribution in [2.24, 2.45) is 0 Å². The first-order valence-corrected chi connectivity index (χ1v) is 12.6. The highest BCUT2D eigenvalue weighted by Crippen LogP contribution is 2.40. The van der Waals surface area contributed by atoms with E-state index in [1.807, 2.05) is 48.5 Å². The zero-order chi connectivity index (χ0) is 25.2. The van der Waals surface area contributed by atoms with Gasteiger partial charge in [0, 0.05) is 38.4 Å². The van der Waals surface area contributed by atoms with Crippen LogP contribution in [0, 0.1) is 0 Å². The minimum atomic E-state index is -0.155. The van der Waals surface area contributed by atoms with Gasteiger partial charge in [0.25, 0.3) is 0 Å². The first kappa shape index (κ1) is 23.1. The lowest BCUT2D eigenvalue weighted by Crippen LogP contribution is -2.46. The molecule has 37 heavy (non-hydrogen) atoms. The molecule has 4 aromatic carbocycles. The SMILES string of the molecule is O=C1/C(=C\c2ccc(-c3ccccc3)cc2)Oc2c1ccc(O)c2CN1CCN(c2ccccc2)CC1. The molecule has 5 heteroatoms. The third-order valence-corrected chi connectivity index (χ3v) is 7.11. The summed E-state index contributed by atoms with van der Waals surface area (Å²) in [5.74, 6) is 0.758. The summed E-state index contributed by atoms with van der Waals surface area (Å²) in [4.78, 5) is 17.8. The first-order valence-electron chi connectivity index (χ1n) is 12.6. The fourth-order valence-corrected chi connectivity index (χ4v) is 5.03. The quantitative estimate of drug-likeness (QED) is 0.349. The van der Waals surface area contributed by atoms with E-state index in [0.29, 0.717) is 23.4 Å². The van der Waals surface area contributed by atoms with Crippen LogP contribution in [0.5, 0.6) is 11.5 Å². The number of benzene rings is 4. The number of hydrogen-bond donors (Lipinski definition) is 1. The van der Waals surface area contributed by atoms with Crippen LogP contribution in [-0.4, -0.2) is 42.0 Å². The van der Waals surface area contributed by atoms with Crippen molar-refractivity contribution >= 4 is 17.5 Å². The number of Topliss-reactive ketones (excluding diaryl/α,β-unsaturated/α-hetero) is 1. The Balaban J connectivity index is 1.18. The standard InChI is InChI=1S/C32H28N2O3/c35-29-16-15-27-31(36)30(21-23-11-13-25(14-12-23)24-7-3-1-4-8-24)37-32(27)28(29)22-33-17-19-34(20-18-33)26-9-5-2-6-10-26/h1-16,21,35H,17-20,22H2/b30-21+. The Hall–Kier alpha value is -4.35. The first-order chi connectivity index (χ1) is 18.2. The van der Waals surface area contributed by atoms with Crippen LogP contribution in [-0.2, 0) is 6.54 Å². The minimum Gasteiger partial charge on any atom is -0.507 e. The Bertz CT molecular complexity index is 1440. The molecule has 0 atom stereocenters. The topological polar surface area (TPSA) is 53.0 Å². The second-order valence-electron chi connectivity index (χ2n) is 9.47. The molecule has 1 fully saturated rings. The normalized spacial score (nSPS) is 16.6. The van der Waals surface area contributed by atoms with Gasteiger partial charge in [-0.2, -0.15) is 0 Å². The van der Waals surface area contributed by atoms with E-state index in [4.69, 9.17) is 4.74 Å². The summed E-state index contributed by atoms with van der Waals surface area (Å²) in [6.07, 6.45) is 1.77. The number of allylic oxidation sites excluding steroid dienone is 1. The van der Waals surface area contributed by atoms with E-state index in [2.05, 4.69) is 46.2 Å². The molecule has 0 aliphatic carbocycles. The molecule has 5 nitrogen and oxygen atoms in total. The van der Waals surface area contributed by atoms with Crippen molar-refractivity contribution in [1.29, 1.82) is 0 Å². The van der Waals surface area contributed by atoms with E-state index in [-0.39, 0.29) is 17.3 Å². The van der Waals surface area contributed by atoms with Crippen LogP contribution in [0.25, 0.3) is 17.2 Å². The van der Waals surface area contributed by atoms with Gasteiger partial charge in [-0.3, -0.25) is 9.69 Å². The summed E-state index contributed by atoms with van der Waals surface area (Å²) in [5.41, 5.74) is 5.55. The maximum atomic E-state index is 13.1. The van der Waals surface area contributed by atoms with E-state index in [0.717, 1.165) is 42.9 Å². The zero-order valence-corrected chi connectivity index (χ0v) is 20.5. The predicted octanol–water partition coefficient (Wildman–Crippen LogP) is 6.00. The molecule has 4 aromatic rings. The highest BCUT2D eigenvalue weighted by atomic mass is 16.5. The summed E-state index contributed by atoms with van der Waals surface area (Å²) in [6.45, 7) is 4.07. The second kappa shape index (κ2) is 9.96. The molecular formula is C32H28N2O3. The van der Waals surface area contributed by atoms with Crippen molar-refractivity contribution < 1.29 is 14.6 Å². The van der Waals surface area contributed by atoms with E-state index in [1.165, 1.54) is 5.69 Å². The van der Waals surface area contributed by atoms with Crippen molar-refractivity contribution in [3.05, 3.63) is 120 Å². The largest absolute Gasteiger partial charge is 0.507 e. The number of carbonyl (C=O) groups is 1. The smallest absolute Gasteiger partial charge is 0.231 e. The number of nitrogens with zero attached hydrogens (tertiary/aromatic N) is 2. The van der Waals surface area contributed by atoms with E-state index < -0.39 is 0 Å². The molecule has 2 aliphatic rings. The van der Waals surface area contributed by atoms with Crippen LogP contribution in [0.3, 0.4) is 0 Å². The number of para-hydroxylation sites is 1. The summed E-state index contributed by atoms with van der Waals surface area (Å²) >= 11 is 0. The van der Waals surface area contributed by atoms with Crippen molar-refractivity contribution in [3.63, 3.8) is 0 Å². The summed E-state index contributed by atoms with van der Waals surface area (Å²) in [5, 5.41) is 10.7. The van der Waals surface area contributed by atoms with Gasteiger partial charge in [-0.1, -0.05) is 72.8 Å². The molecule has 0 saturated carbocycles. The Morgan fingerprint density at radius 1 is 0.757 bits per heavy atom. The zero-order valence-electron chi connectivity index (χ0n) is 20.5. The summed E-state index contributed by atoms with van der Waals surface area (Å²) in [7, 11) is 0. The van der Waals surface area contributed by atoms with E-state index >= 15 is 0 Å². The molecule has 0 aromatic heterocycles. The molecule has 2 aliphatic heterocycles. The number of carbonyl (C=O) groups excluding carboxylic acids is 1. The van der Waals surface area contributed by atoms with Gasteiger partial charge in [0.2, 0.25) is 5.78 Å². The maximum Gasteiger partial charge on any atom is 0.231 e. The number of piperazine rings is 1. The van der Waals surface area contributed by atoms with Crippen LogP contribution < -0.4 is 9.64 Å². The van der Waals surface area contributed by atoms with Gasteiger partial charge < -0.3 is 14.7 Å². The monoisotopic (exact) mass is 488 g/mol. The van der Waals surface area contributed by atoms with Gasteiger partial charge in [-0.05, 0) is 47.0 Å². The molecule has 2 heterocycles. The lowest BCUT2D eigenvalue weighted by molar-refractivity contribution is 0.101. The Morgan fingerprint density at radius 3 is 2.11 bits per heavy atom. The highest BCUT2D eigenvalue weighted by Gasteiger charge is 2.32. The molecule has 0 bridgehead atoms. The molecule has 1 N–H and O–H groups in total. The Kier molecular flexibility index (Phi) is 6.21. The molecule has 0 radical (unpaired) electrons.